The molecule has 324 valence electrons. The number of H-pyrrole nitrogens is 1. The minimum absolute atomic E-state index is 0.0373. The number of carbonyl (C=O) groups is 2. The second-order valence-electron chi connectivity index (χ2n) is 16.5. The Hall–Kier alpha value is -5.88. The van der Waals surface area contributed by atoms with Crippen molar-refractivity contribution >= 4 is 43.7 Å². The van der Waals surface area contributed by atoms with E-state index in [4.69, 9.17) is 28.1 Å². The summed E-state index contributed by atoms with van der Waals surface area (Å²) in [6.07, 6.45) is -2.08. The number of imidazole rings is 1. The lowest BCUT2D eigenvalue weighted by atomic mass is 9.80. The zero-order valence-electron chi connectivity index (χ0n) is 35.9. The first-order chi connectivity index (χ1) is 29.0. The second kappa shape index (κ2) is 18.4. The number of nitrogens with one attached hydrogen (secondary N) is 1. The fraction of sp³-hybridized carbons (Fsp3) is 0.409. The van der Waals surface area contributed by atoms with E-state index in [-0.39, 0.29) is 35.2 Å². The molecule has 61 heavy (non-hydrogen) atoms. The lowest BCUT2D eigenvalue weighted by Crippen LogP contribution is -2.50. The molecule has 0 unspecified atom stereocenters. The standard InChI is InChI=1S/C44H54N6O10Si/c1-43(2,3)61(8,9)60-38-37(59-35(53)24-23-34(51)52)33(58-41(38)50-27-45-36-39(50)47-42(48-40(36)54)46-26-49(4)5)25-57-44(28-13-11-10-12-14-28,29-15-19-31(55-6)20-16-29)30-17-21-32(56-7)22-18-30/h10-22,26-27,33,37-38,41H,23-25H2,1-9H3,(H,51,52)(H,47,48,54)/b46-26+/t33-,37-,38-,41-/m1/s1. The molecule has 1 saturated heterocycles. The molecule has 6 rings (SSSR count). The Morgan fingerprint density at radius 3 is 2.05 bits per heavy atom. The van der Waals surface area contributed by atoms with Gasteiger partial charge in [-0.2, -0.15) is 4.98 Å². The smallest absolute Gasteiger partial charge is 0.306 e. The van der Waals surface area contributed by atoms with E-state index in [0.29, 0.717) is 11.5 Å². The monoisotopic (exact) mass is 854 g/mol. The van der Waals surface area contributed by atoms with E-state index in [0.717, 1.165) is 16.7 Å². The number of hydrogen-bond acceptors (Lipinski definition) is 12. The first kappa shape index (κ1) is 44.7. The summed E-state index contributed by atoms with van der Waals surface area (Å²) < 4.78 is 40.2. The van der Waals surface area contributed by atoms with Gasteiger partial charge in [-0.3, -0.25) is 23.9 Å². The first-order valence-corrected chi connectivity index (χ1v) is 22.8. The zero-order valence-corrected chi connectivity index (χ0v) is 36.9. The molecule has 0 bridgehead atoms. The van der Waals surface area contributed by atoms with Crippen LogP contribution in [0.5, 0.6) is 11.5 Å². The van der Waals surface area contributed by atoms with E-state index in [2.05, 4.69) is 53.8 Å². The summed E-state index contributed by atoms with van der Waals surface area (Å²) in [5.41, 5.74) is 0.726. The van der Waals surface area contributed by atoms with Gasteiger partial charge in [-0.15, -0.1) is 0 Å². The van der Waals surface area contributed by atoms with Gasteiger partial charge in [-0.05, 0) is 59.1 Å². The lowest BCUT2D eigenvalue weighted by Gasteiger charge is -2.40. The molecular weight excluding hydrogens is 801 g/mol. The third-order valence-electron chi connectivity index (χ3n) is 11.1. The molecule has 2 aromatic heterocycles. The number of benzene rings is 3. The predicted molar refractivity (Wildman–Crippen MR) is 231 cm³/mol. The number of rotatable bonds is 17. The average molecular weight is 855 g/mol. The number of aromatic amines is 1. The molecule has 16 nitrogen and oxygen atoms in total. The van der Waals surface area contributed by atoms with E-state index in [9.17, 15) is 19.5 Å². The number of aliphatic carboxylic acids is 1. The fourth-order valence-corrected chi connectivity index (χ4v) is 8.17. The SMILES string of the molecule is COc1ccc(C(OC[C@H]2O[C@@H](n3cnc4c(=O)[nH]c(/N=C/N(C)C)nc43)[C@H](O[Si](C)(C)C(C)(C)C)[C@@H]2OC(=O)CCC(=O)O)(c2ccccc2)c2ccc(OC)cc2)cc1. The average Bonchev–Trinajstić information content (AvgIpc) is 3.80. The number of esters is 1. The molecule has 0 saturated carbocycles. The van der Waals surface area contributed by atoms with Gasteiger partial charge in [0, 0.05) is 14.1 Å². The number of fused-ring (bicyclic) bond motifs is 1. The van der Waals surface area contributed by atoms with Crippen LogP contribution in [0.1, 0.15) is 56.5 Å². The zero-order chi connectivity index (χ0) is 44.1. The maximum Gasteiger partial charge on any atom is 0.306 e. The van der Waals surface area contributed by atoms with Gasteiger partial charge in [0.05, 0.1) is 46.3 Å². The number of ether oxygens (including phenoxy) is 5. The van der Waals surface area contributed by atoms with Crippen LogP contribution in [0.2, 0.25) is 18.1 Å². The van der Waals surface area contributed by atoms with Crippen molar-refractivity contribution in [1.29, 1.82) is 0 Å². The molecule has 0 aliphatic carbocycles. The Morgan fingerprint density at radius 1 is 0.918 bits per heavy atom. The molecule has 0 amide bonds. The molecule has 0 spiro atoms. The topological polar surface area (TPSA) is 189 Å². The summed E-state index contributed by atoms with van der Waals surface area (Å²) >= 11 is 0. The molecule has 3 heterocycles. The van der Waals surface area contributed by atoms with Crippen LogP contribution in [0.4, 0.5) is 5.95 Å². The molecule has 2 N–H and O–H groups in total. The highest BCUT2D eigenvalue weighted by Crippen LogP contribution is 2.46. The van der Waals surface area contributed by atoms with Gasteiger partial charge < -0.3 is 38.1 Å². The van der Waals surface area contributed by atoms with Crippen molar-refractivity contribution in [2.75, 3.05) is 34.9 Å². The highest BCUT2D eigenvalue weighted by Gasteiger charge is 2.54. The molecule has 1 aliphatic rings. The number of nitrogens with zero attached hydrogens (tertiary/aromatic N) is 5. The molecule has 4 atom stereocenters. The minimum atomic E-state index is -2.71. The van der Waals surface area contributed by atoms with E-state index in [1.165, 1.54) is 12.7 Å². The number of aromatic nitrogens is 4. The molecule has 1 aliphatic heterocycles. The van der Waals surface area contributed by atoms with Crippen molar-refractivity contribution in [3.8, 4) is 11.5 Å². The largest absolute Gasteiger partial charge is 0.497 e. The van der Waals surface area contributed by atoms with Gasteiger partial charge in [-0.1, -0.05) is 75.4 Å². The fourth-order valence-electron chi connectivity index (χ4n) is 6.88. The Bertz CT molecular complexity index is 2330. The highest BCUT2D eigenvalue weighted by atomic mass is 28.4. The Balaban J connectivity index is 1.53. The summed E-state index contributed by atoms with van der Waals surface area (Å²) in [7, 11) is 4.06. The summed E-state index contributed by atoms with van der Waals surface area (Å²) in [5, 5.41) is 9.16. The van der Waals surface area contributed by atoms with E-state index in [1.807, 2.05) is 78.9 Å². The predicted octanol–water partition coefficient (Wildman–Crippen LogP) is 6.43. The maximum absolute atomic E-state index is 13.6. The van der Waals surface area contributed by atoms with E-state index in [1.54, 1.807) is 37.8 Å². The molecule has 17 heteroatoms. The summed E-state index contributed by atoms with van der Waals surface area (Å²) in [5.74, 6) is -0.563. The molecular formula is C44H54N6O10Si. The number of carbonyl (C=O) groups excluding carboxylic acids is 1. The summed E-state index contributed by atoms with van der Waals surface area (Å²) in [6, 6.07) is 24.8. The third kappa shape index (κ3) is 9.70. The van der Waals surface area contributed by atoms with E-state index < -0.39 is 62.4 Å². The van der Waals surface area contributed by atoms with Crippen LogP contribution < -0.4 is 15.0 Å². The normalized spacial score (nSPS) is 18.4. The second-order valence-corrected chi connectivity index (χ2v) is 21.2. The molecule has 0 radical (unpaired) electrons. The molecule has 3 aromatic carbocycles. The quantitative estimate of drug-likeness (QED) is 0.0343. The number of hydrogen-bond donors (Lipinski definition) is 2. The van der Waals surface area contributed by atoms with Gasteiger partial charge in [-0.25, -0.2) is 9.98 Å². The van der Waals surface area contributed by atoms with E-state index >= 15 is 0 Å². The van der Waals surface area contributed by atoms with Crippen LogP contribution in [-0.4, -0.2) is 109 Å². The van der Waals surface area contributed by atoms with Gasteiger partial charge in [0.25, 0.3) is 5.56 Å². The van der Waals surface area contributed by atoms with Crippen LogP contribution in [0.15, 0.2) is 95.0 Å². The third-order valence-corrected chi connectivity index (χ3v) is 15.5. The van der Waals surface area contributed by atoms with Crippen LogP contribution >= 0.6 is 0 Å². The molecule has 5 aromatic rings. The minimum Gasteiger partial charge on any atom is -0.497 e. The Morgan fingerprint density at radius 2 is 1.51 bits per heavy atom. The van der Waals surface area contributed by atoms with Crippen molar-refractivity contribution < 1.29 is 42.8 Å². The molecule has 1 fully saturated rings. The number of aliphatic imine (C=N–C) groups is 1. The van der Waals surface area contributed by atoms with Crippen molar-refractivity contribution in [1.82, 2.24) is 24.4 Å². The van der Waals surface area contributed by atoms with Gasteiger partial charge in [0.1, 0.15) is 29.3 Å². The van der Waals surface area contributed by atoms with Crippen LogP contribution in [0.3, 0.4) is 0 Å². The highest BCUT2D eigenvalue weighted by molar-refractivity contribution is 6.74. The maximum atomic E-state index is 13.6. The van der Waals surface area contributed by atoms with Gasteiger partial charge >= 0.3 is 11.9 Å². The Kier molecular flexibility index (Phi) is 13.5. The number of carboxylic acids is 1. The van der Waals surface area contributed by atoms with Gasteiger partial charge in [0.2, 0.25) is 5.95 Å². The van der Waals surface area contributed by atoms with Crippen molar-refractivity contribution in [3.05, 3.63) is 112 Å². The van der Waals surface area contributed by atoms with Crippen LogP contribution in [-0.2, 0) is 33.8 Å². The summed E-state index contributed by atoms with van der Waals surface area (Å²) in [6.45, 7) is 10.2. The Labute approximate surface area is 355 Å². The number of methoxy groups -OCH3 is 2. The van der Waals surface area contributed by atoms with Gasteiger partial charge in [0.15, 0.2) is 31.8 Å². The van der Waals surface area contributed by atoms with Crippen molar-refractivity contribution in [3.63, 3.8) is 0 Å². The van der Waals surface area contributed by atoms with Crippen LogP contribution in [0.25, 0.3) is 11.2 Å². The first-order valence-electron chi connectivity index (χ1n) is 19.9. The van der Waals surface area contributed by atoms with Crippen LogP contribution in [0, 0.1) is 0 Å². The summed E-state index contributed by atoms with van der Waals surface area (Å²) in [4.78, 5) is 56.3. The number of carboxylic acid groups (broad SMARTS) is 1. The van der Waals surface area contributed by atoms with Crippen molar-refractivity contribution in [2.24, 2.45) is 4.99 Å². The van der Waals surface area contributed by atoms with Crippen molar-refractivity contribution in [2.45, 2.75) is 81.9 Å². The lowest BCUT2D eigenvalue weighted by molar-refractivity contribution is -0.160.